The Labute approximate surface area is 425 Å². The highest BCUT2D eigenvalue weighted by Crippen LogP contribution is 2.56. The third kappa shape index (κ3) is 9.17. The summed E-state index contributed by atoms with van der Waals surface area (Å²) in [5.41, 5.74) is 5.58. The number of carbonyl (C=O) groups is 4. The fourth-order valence-corrected chi connectivity index (χ4v) is 12.5. The molecule has 73 heavy (non-hydrogen) atoms. The van der Waals surface area contributed by atoms with Gasteiger partial charge in [0.15, 0.2) is 28.8 Å². The molecular weight excluding hydrogens is 968 g/mol. The normalized spacial score (nSPS) is 23.2. The molecule has 0 bridgehead atoms. The van der Waals surface area contributed by atoms with Crippen molar-refractivity contribution >= 4 is 52.1 Å². The lowest BCUT2D eigenvalue weighted by Crippen LogP contribution is -2.49. The number of benzene rings is 4. The molecule has 5 heterocycles. The van der Waals surface area contributed by atoms with Gasteiger partial charge in [0, 0.05) is 92.4 Å². The summed E-state index contributed by atoms with van der Waals surface area (Å²) in [4.78, 5) is 56.5. The molecule has 4 fully saturated rings. The van der Waals surface area contributed by atoms with E-state index in [2.05, 4.69) is 20.6 Å². The van der Waals surface area contributed by atoms with E-state index in [-0.39, 0.29) is 92.2 Å². The van der Waals surface area contributed by atoms with Crippen LogP contribution in [0.25, 0.3) is 22.0 Å². The van der Waals surface area contributed by atoms with E-state index in [1.54, 1.807) is 7.05 Å². The molecule has 1 aliphatic carbocycles. The first kappa shape index (κ1) is 50.3. The molecule has 2 atom stereocenters. The number of rotatable bonds is 12. The molecule has 19 heteroatoms. The lowest BCUT2D eigenvalue weighted by atomic mass is 9.77. The number of nitrogens with one attached hydrogen (secondary N) is 2. The number of amides is 5. The van der Waals surface area contributed by atoms with Crippen molar-refractivity contribution in [3.05, 3.63) is 105 Å². The number of nitrogens with zero attached hydrogens (tertiary/aromatic N) is 5. The second-order valence-electron chi connectivity index (χ2n) is 20.4. The summed E-state index contributed by atoms with van der Waals surface area (Å²) in [6.45, 7) is 5.88. The van der Waals surface area contributed by atoms with E-state index in [0.29, 0.717) is 69.9 Å². The zero-order valence-electron chi connectivity index (χ0n) is 41.0. The first-order valence-electron chi connectivity index (χ1n) is 25.2. The molecule has 1 aromatic heterocycles. The van der Waals surface area contributed by atoms with Crippen molar-refractivity contribution in [1.29, 1.82) is 0 Å². The number of methoxy groups -OCH3 is 1. The number of halogens is 5. The Morgan fingerprint density at radius 2 is 1.60 bits per heavy atom. The Hall–Kier alpha value is -6.24. The molecule has 4 aromatic carbocycles. The van der Waals surface area contributed by atoms with Gasteiger partial charge in [0.05, 0.1) is 23.1 Å². The Bertz CT molecular complexity index is 2990. The first-order valence-corrected chi connectivity index (χ1v) is 25.6. The summed E-state index contributed by atoms with van der Waals surface area (Å²) in [7, 11) is 2.85. The van der Waals surface area contributed by atoms with Gasteiger partial charge >= 0.3 is 6.03 Å². The highest BCUT2D eigenvalue weighted by molar-refractivity contribution is 6.34. The average molecular weight is 1030 g/mol. The third-order valence-corrected chi connectivity index (χ3v) is 16.6. The van der Waals surface area contributed by atoms with Gasteiger partial charge in [0.2, 0.25) is 17.7 Å². The molecule has 0 spiro atoms. The Morgan fingerprint density at radius 1 is 0.890 bits per heavy atom. The topological polar surface area (TPSA) is 164 Å². The molecule has 5 aliphatic rings. The molecule has 1 saturated carbocycles. The molecule has 4 aliphatic heterocycles. The van der Waals surface area contributed by atoms with E-state index < -0.39 is 52.6 Å². The molecule has 3 saturated heterocycles. The van der Waals surface area contributed by atoms with E-state index in [4.69, 9.17) is 26.8 Å². The van der Waals surface area contributed by atoms with Crippen LogP contribution in [0, 0.1) is 35.1 Å². The van der Waals surface area contributed by atoms with Gasteiger partial charge in [0.25, 0.3) is 0 Å². The van der Waals surface area contributed by atoms with Gasteiger partial charge in [-0.2, -0.15) is 5.10 Å². The van der Waals surface area contributed by atoms with Gasteiger partial charge in [-0.15, -0.1) is 0 Å². The number of fused-ring (bicyclic) bond motifs is 2. The predicted molar refractivity (Wildman–Crippen MR) is 267 cm³/mol. The van der Waals surface area contributed by atoms with Crippen molar-refractivity contribution < 1.29 is 46.2 Å². The zero-order valence-corrected chi connectivity index (χ0v) is 41.8. The summed E-state index contributed by atoms with van der Waals surface area (Å²) in [6.07, 6.45) is 5.92. The number of ether oxygens (including phenoxy) is 2. The minimum absolute atomic E-state index is 0.0211. The molecule has 5 aromatic rings. The number of imide groups is 1. The first-order chi connectivity index (χ1) is 35.1. The second kappa shape index (κ2) is 20.2. The number of aromatic nitrogens is 2. The van der Waals surface area contributed by atoms with E-state index in [0.717, 1.165) is 37.8 Å². The number of likely N-dealkylation sites (tertiary alicyclic amines) is 2. The van der Waals surface area contributed by atoms with E-state index in [9.17, 15) is 19.2 Å². The fraction of sp³-hybridized carbons (Fsp3) is 0.463. The second-order valence-corrected chi connectivity index (χ2v) is 20.7. The van der Waals surface area contributed by atoms with E-state index in [1.165, 1.54) is 41.0 Å². The van der Waals surface area contributed by atoms with Gasteiger partial charge in [0.1, 0.15) is 22.9 Å². The molecule has 386 valence electrons. The van der Waals surface area contributed by atoms with Crippen molar-refractivity contribution in [2.75, 3.05) is 57.8 Å². The Kier molecular flexibility index (Phi) is 13.9. The number of aryl methyl sites for hydroxylation is 1. The average Bonchev–Trinajstić information content (AvgIpc) is 3.86. The maximum atomic E-state index is 16.2. The van der Waals surface area contributed by atoms with Crippen molar-refractivity contribution in [3.8, 4) is 22.6 Å². The monoisotopic (exact) mass is 1030 g/mol. The Morgan fingerprint density at radius 3 is 2.27 bits per heavy atom. The number of carbonyl (C=O) groups excluding carboxylic acids is 4. The van der Waals surface area contributed by atoms with Crippen LogP contribution in [-0.2, 0) is 22.2 Å². The zero-order chi connectivity index (χ0) is 51.5. The largest absolute Gasteiger partial charge is 0.494 e. The summed E-state index contributed by atoms with van der Waals surface area (Å²) >= 11 is 6.69. The van der Waals surface area contributed by atoms with Crippen molar-refractivity contribution in [1.82, 2.24) is 30.2 Å². The van der Waals surface area contributed by atoms with Crippen LogP contribution >= 0.6 is 11.6 Å². The SMILES string of the molecule is COc1ccc(C(N)=O)c(-c2c(Cl)c(F)cc3c2[C@H](C)[C@@](CNC2CCC(C(=O)N4CCC(CN5CCC(c6c(F)cc7c(N8CCC(=O)NC8=O)nn(C)c7c6F)CC5)CC4)CC2)(c2ccccc2)O3)c1F. The fourth-order valence-electron chi connectivity index (χ4n) is 12.3. The van der Waals surface area contributed by atoms with Gasteiger partial charge in [-0.25, -0.2) is 22.4 Å². The maximum Gasteiger partial charge on any atom is 0.329 e. The van der Waals surface area contributed by atoms with Crippen LogP contribution in [0.15, 0.2) is 54.6 Å². The molecule has 0 radical (unpaired) electrons. The lowest BCUT2D eigenvalue weighted by Gasteiger charge is -2.40. The number of nitrogens with two attached hydrogens (primary N) is 1. The lowest BCUT2D eigenvalue weighted by molar-refractivity contribution is -0.138. The molecular formula is C54H59ClF4N8O6. The predicted octanol–water partition coefficient (Wildman–Crippen LogP) is 8.66. The quantitative estimate of drug-likeness (QED) is 0.104. The van der Waals surface area contributed by atoms with Gasteiger partial charge in [-0.1, -0.05) is 48.9 Å². The van der Waals surface area contributed by atoms with E-state index in [1.807, 2.05) is 42.2 Å². The van der Waals surface area contributed by atoms with Crippen LogP contribution in [0.5, 0.6) is 11.5 Å². The number of piperidine rings is 2. The van der Waals surface area contributed by atoms with Gasteiger partial charge < -0.3 is 30.3 Å². The summed E-state index contributed by atoms with van der Waals surface area (Å²) < 4.78 is 77.4. The van der Waals surface area contributed by atoms with Crippen LogP contribution in [0.2, 0.25) is 5.02 Å². The molecule has 10 rings (SSSR count). The highest BCUT2D eigenvalue weighted by atomic mass is 35.5. The molecule has 14 nitrogen and oxygen atoms in total. The van der Waals surface area contributed by atoms with E-state index >= 15 is 17.6 Å². The summed E-state index contributed by atoms with van der Waals surface area (Å²) in [5, 5.41) is 10.1. The highest BCUT2D eigenvalue weighted by Gasteiger charge is 2.50. The van der Waals surface area contributed by atoms with Crippen LogP contribution in [-0.4, -0.2) is 102 Å². The third-order valence-electron chi connectivity index (χ3n) is 16.3. The van der Waals surface area contributed by atoms with Crippen LogP contribution in [0.4, 0.5) is 28.2 Å². The number of primary amides is 1. The number of urea groups is 1. The molecule has 4 N–H and O–H groups in total. The van der Waals surface area contributed by atoms with Gasteiger partial charge in [-0.3, -0.25) is 29.3 Å². The standard InChI is InChI=1S/C54H59ClF4N8O6/c1-29-42-40(26-38(57)46(55)45(42)44-35(50(60)69)13-14-39(72-3)47(44)58)73-54(29,33-7-5-4-6-8-33)28-61-34-11-9-32(10-12-34)52(70)66-22-15-30(16-23-66)27-65-20-17-31(18-21-65)43-37(56)25-36-49(48(43)59)64(2)63-51(36)67-24-19-41(68)62-53(67)71/h4-8,13-14,25-26,29-32,34,61H,9-12,15-24,27-28H2,1-3H3,(H2,60,69)(H,62,68,71)/t29-,32?,34?,54-/m0/s1. The van der Waals surface area contributed by atoms with Crippen molar-refractivity contribution in [2.24, 2.45) is 24.6 Å². The maximum absolute atomic E-state index is 16.2. The minimum atomic E-state index is -1.10. The summed E-state index contributed by atoms with van der Waals surface area (Å²) in [5.74, 6) is -4.67. The summed E-state index contributed by atoms with van der Waals surface area (Å²) in [6, 6.07) is 14.0. The minimum Gasteiger partial charge on any atom is -0.494 e. The van der Waals surface area contributed by atoms with Crippen molar-refractivity contribution in [3.63, 3.8) is 0 Å². The number of hydrogen-bond donors (Lipinski definition) is 3. The van der Waals surface area contributed by atoms with Crippen LogP contribution < -0.4 is 30.7 Å². The van der Waals surface area contributed by atoms with Crippen molar-refractivity contribution in [2.45, 2.75) is 88.2 Å². The molecule has 0 unspecified atom stereocenters. The Balaban J connectivity index is 0.735. The van der Waals surface area contributed by atoms with Crippen LogP contribution in [0.1, 0.15) is 104 Å². The number of anilines is 1. The molecule has 5 amide bonds. The van der Waals surface area contributed by atoms with Gasteiger partial charge in [-0.05, 0) is 100 Å². The number of hydrogen-bond acceptors (Lipinski definition) is 9. The van der Waals surface area contributed by atoms with Crippen LogP contribution in [0.3, 0.4) is 0 Å². The smallest absolute Gasteiger partial charge is 0.329 e.